The minimum absolute atomic E-state index is 0.182. The largest absolute Gasteiger partial charge is 0.478 e. The molecule has 0 saturated heterocycles. The van der Waals surface area contributed by atoms with Crippen molar-refractivity contribution in [2.24, 2.45) is 0 Å². The molecule has 3 rings (SSSR count). The zero-order valence-electron chi connectivity index (χ0n) is 15.8. The highest BCUT2D eigenvalue weighted by Gasteiger charge is 2.26. The maximum Gasteiger partial charge on any atom is 0.390 e. The summed E-state index contributed by atoms with van der Waals surface area (Å²) in [6, 6.07) is 6.42. The molecule has 1 atom stereocenters. The third kappa shape index (κ3) is 4.51. The number of pyridine rings is 1. The quantitative estimate of drug-likeness (QED) is 0.563. The molecule has 154 valence electrons. The van der Waals surface area contributed by atoms with Crippen molar-refractivity contribution in [3.8, 4) is 11.3 Å². The topological polar surface area (TPSA) is 86.9 Å². The molecular formula is C20H20F3N3O3. The van der Waals surface area contributed by atoms with Crippen molar-refractivity contribution in [2.75, 3.05) is 11.9 Å². The van der Waals surface area contributed by atoms with Gasteiger partial charge in [-0.3, -0.25) is 4.40 Å². The molecule has 0 aliphatic heterocycles. The second-order valence-electron chi connectivity index (χ2n) is 6.83. The zero-order chi connectivity index (χ0) is 21.3. The van der Waals surface area contributed by atoms with Crippen LogP contribution in [-0.4, -0.2) is 38.3 Å². The number of aromatic nitrogens is 2. The third-order valence-corrected chi connectivity index (χ3v) is 4.59. The van der Waals surface area contributed by atoms with Crippen LogP contribution in [0.4, 0.5) is 18.9 Å². The lowest BCUT2D eigenvalue weighted by atomic mass is 10.0. The maximum absolute atomic E-state index is 12.5. The summed E-state index contributed by atoms with van der Waals surface area (Å²) in [5, 5.41) is 21.9. The number of hydrogen-bond donors (Lipinski definition) is 3. The number of rotatable bonds is 6. The molecule has 1 unspecified atom stereocenters. The molecule has 0 saturated carbocycles. The minimum atomic E-state index is -4.28. The van der Waals surface area contributed by atoms with Crippen molar-refractivity contribution >= 4 is 17.3 Å². The van der Waals surface area contributed by atoms with E-state index in [1.54, 1.807) is 48.8 Å². The van der Waals surface area contributed by atoms with E-state index in [2.05, 4.69) is 10.3 Å². The first-order valence-electron chi connectivity index (χ1n) is 8.91. The first-order valence-corrected chi connectivity index (χ1v) is 8.91. The molecule has 1 aromatic carbocycles. The first-order chi connectivity index (χ1) is 13.6. The van der Waals surface area contributed by atoms with E-state index in [0.29, 0.717) is 33.7 Å². The number of imidazole rings is 1. The number of carboxylic acid groups (broad SMARTS) is 1. The monoisotopic (exact) mass is 407 g/mol. The fourth-order valence-corrected chi connectivity index (χ4v) is 3.08. The smallest absolute Gasteiger partial charge is 0.390 e. The number of benzene rings is 1. The van der Waals surface area contributed by atoms with E-state index >= 15 is 0 Å². The lowest BCUT2D eigenvalue weighted by Crippen LogP contribution is -2.15. The molecule has 2 heterocycles. The van der Waals surface area contributed by atoms with Crippen LogP contribution in [0.2, 0.25) is 0 Å². The summed E-state index contributed by atoms with van der Waals surface area (Å²) in [5.41, 5.74) is 3.36. The Balaban J connectivity index is 2.06. The van der Waals surface area contributed by atoms with Gasteiger partial charge < -0.3 is 15.5 Å². The Morgan fingerprint density at radius 1 is 1.31 bits per heavy atom. The van der Waals surface area contributed by atoms with E-state index < -0.39 is 24.7 Å². The zero-order valence-corrected chi connectivity index (χ0v) is 15.8. The van der Waals surface area contributed by atoms with Gasteiger partial charge in [-0.15, -0.1) is 0 Å². The Hall–Kier alpha value is -3.07. The Morgan fingerprint density at radius 3 is 2.62 bits per heavy atom. The number of nitrogens with one attached hydrogen (secondary N) is 1. The maximum atomic E-state index is 12.5. The van der Waals surface area contributed by atoms with E-state index in [1.807, 2.05) is 0 Å². The van der Waals surface area contributed by atoms with Gasteiger partial charge in [-0.1, -0.05) is 6.07 Å². The van der Waals surface area contributed by atoms with Crippen LogP contribution in [0.5, 0.6) is 0 Å². The highest BCUT2D eigenvalue weighted by atomic mass is 19.4. The summed E-state index contributed by atoms with van der Waals surface area (Å²) in [7, 11) is 0. The van der Waals surface area contributed by atoms with E-state index in [0.717, 1.165) is 0 Å². The van der Waals surface area contributed by atoms with Gasteiger partial charge in [-0.05, 0) is 43.2 Å². The molecule has 29 heavy (non-hydrogen) atoms. The lowest BCUT2D eigenvalue weighted by molar-refractivity contribution is -0.131. The van der Waals surface area contributed by atoms with Gasteiger partial charge in [-0.2, -0.15) is 13.2 Å². The van der Waals surface area contributed by atoms with Crippen LogP contribution in [-0.2, 0) is 0 Å². The Morgan fingerprint density at radius 2 is 2.03 bits per heavy atom. The molecule has 0 aliphatic carbocycles. The number of carbonyl (C=O) groups is 1. The van der Waals surface area contributed by atoms with Crippen molar-refractivity contribution < 1.29 is 28.2 Å². The number of nitrogens with zero attached hydrogens (tertiary/aromatic N) is 2. The predicted octanol–water partition coefficient (Wildman–Crippen LogP) is 4.43. The van der Waals surface area contributed by atoms with Gasteiger partial charge in [-0.25, -0.2) is 9.78 Å². The average Bonchev–Trinajstić information content (AvgIpc) is 3.04. The molecule has 2 aromatic heterocycles. The van der Waals surface area contributed by atoms with E-state index in [1.165, 1.54) is 6.07 Å². The van der Waals surface area contributed by atoms with Gasteiger partial charge in [0.05, 0.1) is 35.7 Å². The molecular weight excluding hydrogens is 387 g/mol. The van der Waals surface area contributed by atoms with Crippen molar-refractivity contribution in [3.63, 3.8) is 0 Å². The van der Waals surface area contributed by atoms with Gasteiger partial charge in [0.2, 0.25) is 0 Å². The molecule has 9 heteroatoms. The van der Waals surface area contributed by atoms with Gasteiger partial charge in [0.1, 0.15) is 0 Å². The standard InChI is InChI=1S/C20H20F3N3O3/c1-11-7-13(3-4-15(11)19(28)29)17-9-25-18-16(24-6-5-20(21,22)23)8-14(12(2)27)10-26(17)18/h3-4,7-10,12,24,27H,5-6H2,1-2H3,(H,28,29). The number of aliphatic hydroxyl groups excluding tert-OH is 1. The normalized spacial score (nSPS) is 12.9. The SMILES string of the molecule is Cc1cc(-c2cnc3c(NCCC(F)(F)F)cc(C(C)O)cn23)ccc1C(=O)O. The first kappa shape index (κ1) is 20.7. The van der Waals surface area contributed by atoms with Gasteiger partial charge in [0.15, 0.2) is 5.65 Å². The second-order valence-corrected chi connectivity index (χ2v) is 6.83. The summed E-state index contributed by atoms with van der Waals surface area (Å²) in [4.78, 5) is 15.6. The van der Waals surface area contributed by atoms with E-state index in [-0.39, 0.29) is 12.1 Å². The number of halogens is 3. The van der Waals surface area contributed by atoms with Crippen molar-refractivity contribution in [2.45, 2.75) is 32.5 Å². The number of fused-ring (bicyclic) bond motifs is 1. The summed E-state index contributed by atoms with van der Waals surface area (Å²) >= 11 is 0. The van der Waals surface area contributed by atoms with Gasteiger partial charge in [0, 0.05) is 18.3 Å². The fourth-order valence-electron chi connectivity index (χ4n) is 3.08. The van der Waals surface area contributed by atoms with Crippen LogP contribution in [0.1, 0.15) is 40.9 Å². The molecule has 0 bridgehead atoms. The number of carboxylic acids is 1. The van der Waals surface area contributed by atoms with Crippen LogP contribution < -0.4 is 5.32 Å². The lowest BCUT2D eigenvalue weighted by Gasteiger charge is -2.14. The van der Waals surface area contributed by atoms with Crippen molar-refractivity contribution in [1.82, 2.24) is 9.38 Å². The highest BCUT2D eigenvalue weighted by molar-refractivity contribution is 5.90. The predicted molar refractivity (Wildman–Crippen MR) is 102 cm³/mol. The molecule has 0 spiro atoms. The summed E-state index contributed by atoms with van der Waals surface area (Å²) in [6.45, 7) is 2.92. The summed E-state index contributed by atoms with van der Waals surface area (Å²) in [5.74, 6) is -1.03. The molecule has 6 nitrogen and oxygen atoms in total. The molecule has 0 aliphatic rings. The summed E-state index contributed by atoms with van der Waals surface area (Å²) in [6.07, 6.45) is -2.89. The van der Waals surface area contributed by atoms with Crippen molar-refractivity contribution in [1.29, 1.82) is 0 Å². The second kappa shape index (κ2) is 7.75. The summed E-state index contributed by atoms with van der Waals surface area (Å²) < 4.78 is 39.1. The van der Waals surface area contributed by atoms with Gasteiger partial charge >= 0.3 is 12.1 Å². The third-order valence-electron chi connectivity index (χ3n) is 4.59. The molecule has 0 fully saturated rings. The van der Waals surface area contributed by atoms with Crippen LogP contribution in [0, 0.1) is 6.92 Å². The molecule has 0 radical (unpaired) electrons. The molecule has 3 N–H and O–H groups in total. The number of aliphatic hydroxyl groups is 1. The average molecular weight is 407 g/mol. The fraction of sp³-hybridized carbons (Fsp3) is 0.300. The van der Waals surface area contributed by atoms with Crippen molar-refractivity contribution in [3.05, 3.63) is 53.3 Å². The van der Waals surface area contributed by atoms with E-state index in [4.69, 9.17) is 0 Å². The van der Waals surface area contributed by atoms with Crippen LogP contribution >= 0.6 is 0 Å². The number of hydrogen-bond acceptors (Lipinski definition) is 4. The number of aromatic carboxylic acids is 1. The molecule has 3 aromatic rings. The highest BCUT2D eigenvalue weighted by Crippen LogP contribution is 2.29. The Labute approximate surface area is 164 Å². The van der Waals surface area contributed by atoms with Crippen LogP contribution in [0.25, 0.3) is 16.9 Å². The van der Waals surface area contributed by atoms with Gasteiger partial charge in [0.25, 0.3) is 0 Å². The van der Waals surface area contributed by atoms with E-state index in [9.17, 15) is 28.2 Å². The number of aryl methyl sites for hydroxylation is 1. The Bertz CT molecular complexity index is 1060. The Kier molecular flexibility index (Phi) is 5.52. The van der Waals surface area contributed by atoms with Crippen LogP contribution in [0.15, 0.2) is 36.7 Å². The number of alkyl halides is 3. The minimum Gasteiger partial charge on any atom is -0.478 e. The number of anilines is 1. The van der Waals surface area contributed by atoms with Crippen LogP contribution in [0.3, 0.4) is 0 Å². The molecule has 0 amide bonds.